The van der Waals surface area contributed by atoms with E-state index in [1.165, 1.54) is 5.56 Å². The zero-order valence-electron chi connectivity index (χ0n) is 18.1. The molecule has 0 radical (unpaired) electrons. The summed E-state index contributed by atoms with van der Waals surface area (Å²) in [6.07, 6.45) is 2.12. The van der Waals surface area contributed by atoms with E-state index in [4.69, 9.17) is 16.3 Å². The molecule has 3 rings (SSSR count). The van der Waals surface area contributed by atoms with Crippen LogP contribution in [0.1, 0.15) is 65.4 Å². The van der Waals surface area contributed by atoms with Crippen molar-refractivity contribution in [3.8, 4) is 0 Å². The van der Waals surface area contributed by atoms with E-state index in [1.807, 2.05) is 37.8 Å². The zero-order valence-corrected chi connectivity index (χ0v) is 18.9. The molecule has 2 amide bonds. The molecule has 5 nitrogen and oxygen atoms in total. The molecule has 2 aliphatic rings. The molecule has 3 unspecified atom stereocenters. The summed E-state index contributed by atoms with van der Waals surface area (Å²) in [6, 6.07) is 7.93. The lowest BCUT2D eigenvalue weighted by atomic mass is 9.69. The van der Waals surface area contributed by atoms with E-state index < -0.39 is 11.7 Å². The highest BCUT2D eigenvalue weighted by molar-refractivity contribution is 6.30. The molecule has 1 saturated carbocycles. The Morgan fingerprint density at radius 2 is 1.79 bits per heavy atom. The first kappa shape index (κ1) is 21.9. The molecule has 1 aliphatic heterocycles. The van der Waals surface area contributed by atoms with Gasteiger partial charge in [0.05, 0.1) is 5.92 Å². The highest BCUT2D eigenvalue weighted by Crippen LogP contribution is 2.43. The van der Waals surface area contributed by atoms with Crippen molar-refractivity contribution in [3.05, 3.63) is 34.9 Å². The van der Waals surface area contributed by atoms with E-state index in [9.17, 15) is 9.59 Å². The lowest BCUT2D eigenvalue weighted by Gasteiger charge is -2.47. The molecular formula is C23H33ClN2O3. The molecular weight excluding hydrogens is 388 g/mol. The number of rotatable bonds is 3. The number of ether oxygens (including phenoxy) is 1. The van der Waals surface area contributed by atoms with Crippen LogP contribution in [-0.2, 0) is 9.53 Å². The van der Waals surface area contributed by atoms with Crippen LogP contribution in [0, 0.1) is 11.3 Å². The van der Waals surface area contributed by atoms with Gasteiger partial charge in [-0.05, 0) is 69.1 Å². The molecule has 0 bridgehead atoms. The van der Waals surface area contributed by atoms with Crippen LogP contribution in [0.15, 0.2) is 24.3 Å². The molecule has 2 fully saturated rings. The quantitative estimate of drug-likeness (QED) is 0.749. The van der Waals surface area contributed by atoms with Crippen LogP contribution >= 0.6 is 11.6 Å². The number of hydrogen-bond donors (Lipinski definition) is 1. The molecule has 0 aromatic heterocycles. The summed E-state index contributed by atoms with van der Waals surface area (Å²) in [5.74, 6) is 0.395. The van der Waals surface area contributed by atoms with Crippen LogP contribution in [0.3, 0.4) is 0 Å². The minimum Gasteiger partial charge on any atom is -0.444 e. The Labute approximate surface area is 179 Å². The molecule has 0 spiro atoms. The molecule has 1 saturated heterocycles. The minimum absolute atomic E-state index is 0.0282. The Morgan fingerprint density at radius 3 is 2.31 bits per heavy atom. The van der Waals surface area contributed by atoms with Crippen molar-refractivity contribution in [1.82, 2.24) is 10.2 Å². The monoisotopic (exact) mass is 420 g/mol. The Kier molecular flexibility index (Phi) is 6.19. The molecule has 1 aromatic carbocycles. The number of amides is 2. The van der Waals surface area contributed by atoms with E-state index in [2.05, 4.69) is 31.3 Å². The number of hydrogen-bond acceptors (Lipinski definition) is 3. The van der Waals surface area contributed by atoms with Crippen molar-refractivity contribution >= 4 is 23.6 Å². The number of carbonyl (C=O) groups is 2. The summed E-state index contributed by atoms with van der Waals surface area (Å²) in [6.45, 7) is 11.4. The summed E-state index contributed by atoms with van der Waals surface area (Å²) < 4.78 is 5.34. The highest BCUT2D eigenvalue weighted by atomic mass is 35.5. The van der Waals surface area contributed by atoms with Crippen molar-refractivity contribution in [2.75, 3.05) is 13.1 Å². The third kappa shape index (κ3) is 5.25. The number of halogens is 1. The Morgan fingerprint density at radius 1 is 1.14 bits per heavy atom. The van der Waals surface area contributed by atoms with Gasteiger partial charge in [-0.3, -0.25) is 4.79 Å². The summed E-state index contributed by atoms with van der Waals surface area (Å²) in [4.78, 5) is 27.2. The van der Waals surface area contributed by atoms with Crippen molar-refractivity contribution in [3.63, 3.8) is 0 Å². The van der Waals surface area contributed by atoms with Gasteiger partial charge in [0, 0.05) is 24.2 Å². The summed E-state index contributed by atoms with van der Waals surface area (Å²) in [5, 5.41) is 3.63. The number of nitrogens with zero attached hydrogens (tertiary/aromatic N) is 1. The predicted octanol–water partition coefficient (Wildman–Crippen LogP) is 4.99. The van der Waals surface area contributed by atoms with Gasteiger partial charge in [-0.2, -0.15) is 0 Å². The van der Waals surface area contributed by atoms with Crippen LogP contribution in [0.4, 0.5) is 4.79 Å². The number of carbonyl (C=O) groups excluding carboxylic acids is 2. The first-order valence-corrected chi connectivity index (χ1v) is 10.9. The average molecular weight is 421 g/mol. The van der Waals surface area contributed by atoms with Gasteiger partial charge >= 0.3 is 6.09 Å². The van der Waals surface area contributed by atoms with E-state index in [0.29, 0.717) is 5.92 Å². The Bertz CT molecular complexity index is 754. The first-order chi connectivity index (χ1) is 13.5. The van der Waals surface area contributed by atoms with Crippen LogP contribution in [0.25, 0.3) is 0 Å². The third-order valence-electron chi connectivity index (χ3n) is 6.11. The lowest BCUT2D eigenvalue weighted by molar-refractivity contribution is -0.143. The van der Waals surface area contributed by atoms with Gasteiger partial charge in [0.1, 0.15) is 5.60 Å². The van der Waals surface area contributed by atoms with Crippen LogP contribution < -0.4 is 5.32 Å². The summed E-state index contributed by atoms with van der Waals surface area (Å²) in [7, 11) is 0. The summed E-state index contributed by atoms with van der Waals surface area (Å²) in [5.41, 5.74) is 0.708. The number of piperidine rings is 1. The van der Waals surface area contributed by atoms with Gasteiger partial charge in [0.25, 0.3) is 0 Å². The summed E-state index contributed by atoms with van der Waals surface area (Å²) >= 11 is 6.04. The van der Waals surface area contributed by atoms with E-state index in [0.717, 1.165) is 37.4 Å². The number of likely N-dealkylation sites (tertiary alicyclic amines) is 1. The largest absolute Gasteiger partial charge is 0.444 e. The molecule has 3 atom stereocenters. The van der Waals surface area contributed by atoms with Gasteiger partial charge in [-0.25, -0.2) is 4.79 Å². The van der Waals surface area contributed by atoms with Gasteiger partial charge in [0.2, 0.25) is 5.91 Å². The second kappa shape index (κ2) is 8.17. The molecule has 1 aromatic rings. The molecule has 1 N–H and O–H groups in total. The molecule has 1 heterocycles. The average Bonchev–Trinajstić information content (AvgIpc) is 2.57. The van der Waals surface area contributed by atoms with Gasteiger partial charge in [0.15, 0.2) is 0 Å². The van der Waals surface area contributed by atoms with Crippen molar-refractivity contribution < 1.29 is 14.3 Å². The van der Waals surface area contributed by atoms with Crippen molar-refractivity contribution in [1.29, 1.82) is 0 Å². The number of benzene rings is 1. The smallest absolute Gasteiger partial charge is 0.407 e. The molecule has 1 aliphatic carbocycles. The maximum atomic E-state index is 13.1. The van der Waals surface area contributed by atoms with E-state index in [1.54, 1.807) is 0 Å². The second-order valence-corrected chi connectivity index (χ2v) is 10.5. The van der Waals surface area contributed by atoms with Crippen LogP contribution in [-0.4, -0.2) is 41.6 Å². The van der Waals surface area contributed by atoms with E-state index >= 15 is 0 Å². The van der Waals surface area contributed by atoms with E-state index in [-0.39, 0.29) is 23.3 Å². The minimum atomic E-state index is -0.541. The normalized spacial score (nSPS) is 26.4. The molecule has 6 heteroatoms. The first-order valence-electron chi connectivity index (χ1n) is 10.5. The maximum absolute atomic E-state index is 13.1. The fraction of sp³-hybridized carbons (Fsp3) is 0.652. The lowest BCUT2D eigenvalue weighted by Crippen LogP contribution is -2.57. The van der Waals surface area contributed by atoms with Crippen molar-refractivity contribution in [2.24, 2.45) is 11.3 Å². The Balaban J connectivity index is 1.60. The molecule has 160 valence electrons. The fourth-order valence-corrected chi connectivity index (χ4v) is 4.65. The second-order valence-electron chi connectivity index (χ2n) is 10.1. The highest BCUT2D eigenvalue weighted by Gasteiger charge is 2.44. The topological polar surface area (TPSA) is 58.6 Å². The Hall–Kier alpha value is -1.75. The zero-order chi connectivity index (χ0) is 21.4. The third-order valence-corrected chi connectivity index (χ3v) is 6.36. The van der Waals surface area contributed by atoms with Gasteiger partial charge < -0.3 is 15.0 Å². The molecule has 29 heavy (non-hydrogen) atoms. The van der Waals surface area contributed by atoms with Crippen LogP contribution in [0.5, 0.6) is 0 Å². The predicted molar refractivity (Wildman–Crippen MR) is 115 cm³/mol. The maximum Gasteiger partial charge on any atom is 0.407 e. The fourth-order valence-electron chi connectivity index (χ4n) is 4.52. The standard InChI is InChI=1S/C23H33ClN2O3/c1-22(2,3)29-21(28)25-19-11-10-17(19)20(27)26-13-12-18(23(4,5)14-26)15-6-8-16(24)9-7-15/h6-9,17-19H,10-14H2,1-5H3,(H,25,28). The number of nitrogens with one attached hydrogen (secondary N) is 1. The van der Waals surface area contributed by atoms with Gasteiger partial charge in [-0.15, -0.1) is 0 Å². The SMILES string of the molecule is CC(C)(C)OC(=O)NC1CCC1C(=O)N1CCC(c2ccc(Cl)cc2)C(C)(C)C1. The van der Waals surface area contributed by atoms with Crippen molar-refractivity contribution in [2.45, 2.75) is 71.4 Å². The van der Waals surface area contributed by atoms with Gasteiger partial charge in [-0.1, -0.05) is 37.6 Å². The number of alkyl carbamates (subject to hydrolysis) is 1. The van der Waals surface area contributed by atoms with Crippen LogP contribution in [0.2, 0.25) is 5.02 Å².